The van der Waals surface area contributed by atoms with Gasteiger partial charge < -0.3 is 11.1 Å². The van der Waals surface area contributed by atoms with Gasteiger partial charge in [-0.1, -0.05) is 19.1 Å². The van der Waals surface area contributed by atoms with Crippen molar-refractivity contribution in [2.75, 3.05) is 24.2 Å². The number of halogens is 2. The topological polar surface area (TPSA) is 72.2 Å². The highest BCUT2D eigenvalue weighted by atomic mass is 32.2. The summed E-state index contributed by atoms with van der Waals surface area (Å²) >= 11 is 0. The van der Waals surface area contributed by atoms with E-state index in [1.165, 1.54) is 12.1 Å². The standard InChI is InChI=1S/C12H18F2N2O2S/c1-2-7-19(17,18)11-6-4-3-5-10(11)16-9-12(13,14)8-15/h3-6,16H,2,7-9,15H2,1H3. The number of anilines is 1. The largest absolute Gasteiger partial charge is 0.378 e. The van der Waals surface area contributed by atoms with Crippen molar-refractivity contribution in [1.82, 2.24) is 0 Å². The zero-order valence-electron chi connectivity index (χ0n) is 10.7. The molecule has 108 valence electrons. The van der Waals surface area contributed by atoms with E-state index in [0.29, 0.717) is 6.42 Å². The molecule has 0 radical (unpaired) electrons. The van der Waals surface area contributed by atoms with Gasteiger partial charge in [-0.15, -0.1) is 0 Å². The Hall–Kier alpha value is -1.21. The van der Waals surface area contributed by atoms with E-state index >= 15 is 0 Å². The van der Waals surface area contributed by atoms with Gasteiger partial charge in [0.2, 0.25) is 0 Å². The lowest BCUT2D eigenvalue weighted by Crippen LogP contribution is -2.35. The highest BCUT2D eigenvalue weighted by Gasteiger charge is 2.27. The molecule has 0 spiro atoms. The Bertz CT molecular complexity index is 518. The van der Waals surface area contributed by atoms with Gasteiger partial charge in [0.25, 0.3) is 5.92 Å². The molecule has 0 bridgehead atoms. The van der Waals surface area contributed by atoms with Crippen molar-refractivity contribution < 1.29 is 17.2 Å². The van der Waals surface area contributed by atoms with E-state index in [9.17, 15) is 17.2 Å². The molecule has 0 aliphatic heterocycles. The molecule has 0 aliphatic rings. The Labute approximate surface area is 111 Å². The first-order valence-corrected chi connectivity index (χ1v) is 7.61. The van der Waals surface area contributed by atoms with Crippen molar-refractivity contribution in [3.63, 3.8) is 0 Å². The van der Waals surface area contributed by atoms with Crippen LogP contribution in [0.15, 0.2) is 29.2 Å². The van der Waals surface area contributed by atoms with E-state index in [0.717, 1.165) is 0 Å². The Morgan fingerprint density at radius 1 is 1.32 bits per heavy atom. The number of rotatable bonds is 7. The van der Waals surface area contributed by atoms with E-state index in [1.54, 1.807) is 19.1 Å². The molecule has 0 fully saturated rings. The van der Waals surface area contributed by atoms with Crippen LogP contribution in [0.25, 0.3) is 0 Å². The predicted octanol–water partition coefficient (Wildman–Crippen LogP) is 1.88. The molecule has 0 atom stereocenters. The van der Waals surface area contributed by atoms with Crippen molar-refractivity contribution >= 4 is 15.5 Å². The fraction of sp³-hybridized carbons (Fsp3) is 0.500. The molecule has 4 nitrogen and oxygen atoms in total. The van der Waals surface area contributed by atoms with Gasteiger partial charge >= 0.3 is 0 Å². The fourth-order valence-corrected chi connectivity index (χ4v) is 3.08. The van der Waals surface area contributed by atoms with Gasteiger partial charge in [0.1, 0.15) is 0 Å². The summed E-state index contributed by atoms with van der Waals surface area (Å²) in [6.07, 6.45) is 0.468. The molecule has 0 aliphatic carbocycles. The molecule has 19 heavy (non-hydrogen) atoms. The van der Waals surface area contributed by atoms with Crippen LogP contribution >= 0.6 is 0 Å². The van der Waals surface area contributed by atoms with Crippen LogP contribution in [0.1, 0.15) is 13.3 Å². The van der Waals surface area contributed by atoms with Gasteiger partial charge in [-0.2, -0.15) is 0 Å². The molecular weight excluding hydrogens is 274 g/mol. The summed E-state index contributed by atoms with van der Waals surface area (Å²) in [4.78, 5) is 0.0460. The summed E-state index contributed by atoms with van der Waals surface area (Å²) < 4.78 is 50.1. The highest BCUT2D eigenvalue weighted by Crippen LogP contribution is 2.24. The minimum absolute atomic E-state index is 0.0149. The predicted molar refractivity (Wildman–Crippen MR) is 71.3 cm³/mol. The number of hydrogen-bond donors (Lipinski definition) is 2. The van der Waals surface area contributed by atoms with Gasteiger partial charge in [-0.05, 0) is 18.6 Å². The third-order valence-electron chi connectivity index (χ3n) is 2.53. The van der Waals surface area contributed by atoms with Crippen LogP contribution in [0.2, 0.25) is 0 Å². The Kier molecular flexibility index (Phi) is 5.25. The second-order valence-corrected chi connectivity index (χ2v) is 6.31. The fourth-order valence-electron chi connectivity index (χ4n) is 1.56. The molecule has 1 rings (SSSR count). The van der Waals surface area contributed by atoms with E-state index in [1.807, 2.05) is 0 Å². The zero-order chi connectivity index (χ0) is 14.5. The van der Waals surface area contributed by atoms with E-state index in [2.05, 4.69) is 5.32 Å². The maximum atomic E-state index is 13.1. The molecule has 1 aromatic carbocycles. The second kappa shape index (κ2) is 6.29. The Balaban J connectivity index is 2.97. The molecular formula is C12H18F2N2O2S. The van der Waals surface area contributed by atoms with Crippen LogP contribution in [0.3, 0.4) is 0 Å². The number of sulfone groups is 1. The van der Waals surface area contributed by atoms with Gasteiger partial charge in [-0.25, -0.2) is 17.2 Å². The summed E-state index contributed by atoms with van der Waals surface area (Å²) in [5, 5.41) is 2.46. The quantitative estimate of drug-likeness (QED) is 0.805. The van der Waals surface area contributed by atoms with Crippen LogP contribution in [0.4, 0.5) is 14.5 Å². The first kappa shape index (κ1) is 15.8. The number of alkyl halides is 2. The molecule has 0 aromatic heterocycles. The van der Waals surface area contributed by atoms with E-state index in [4.69, 9.17) is 5.73 Å². The Morgan fingerprint density at radius 3 is 2.53 bits per heavy atom. The van der Waals surface area contributed by atoms with Crippen molar-refractivity contribution in [3.8, 4) is 0 Å². The lowest BCUT2D eigenvalue weighted by molar-refractivity contribution is 0.0253. The molecule has 0 unspecified atom stereocenters. The summed E-state index contributed by atoms with van der Waals surface area (Å²) in [5.74, 6) is -3.08. The minimum atomic E-state index is -3.45. The molecule has 0 amide bonds. The summed E-state index contributed by atoms with van der Waals surface area (Å²) in [6, 6.07) is 6.03. The smallest absolute Gasteiger partial charge is 0.276 e. The highest BCUT2D eigenvalue weighted by molar-refractivity contribution is 7.91. The van der Waals surface area contributed by atoms with Gasteiger partial charge in [0.05, 0.1) is 29.4 Å². The first-order chi connectivity index (χ1) is 8.82. The SMILES string of the molecule is CCCS(=O)(=O)c1ccccc1NCC(F)(F)CN. The van der Waals surface area contributed by atoms with Crippen LogP contribution in [-0.2, 0) is 9.84 Å². The summed E-state index contributed by atoms with van der Waals surface area (Å²) in [7, 11) is -3.45. The normalized spacial score (nSPS) is 12.4. The maximum absolute atomic E-state index is 13.1. The Morgan fingerprint density at radius 2 is 1.95 bits per heavy atom. The van der Waals surface area contributed by atoms with Gasteiger partial charge in [0.15, 0.2) is 9.84 Å². The molecule has 1 aromatic rings. The minimum Gasteiger partial charge on any atom is -0.378 e. The van der Waals surface area contributed by atoms with E-state index < -0.39 is 28.8 Å². The van der Waals surface area contributed by atoms with Crippen LogP contribution in [0.5, 0.6) is 0 Å². The zero-order valence-corrected chi connectivity index (χ0v) is 11.5. The van der Waals surface area contributed by atoms with Crippen LogP contribution in [0, 0.1) is 0 Å². The average molecular weight is 292 g/mol. The molecule has 7 heteroatoms. The van der Waals surface area contributed by atoms with Crippen LogP contribution in [-0.4, -0.2) is 33.2 Å². The first-order valence-electron chi connectivity index (χ1n) is 5.96. The number of nitrogens with two attached hydrogens (primary N) is 1. The van der Waals surface area contributed by atoms with Gasteiger partial charge in [0, 0.05) is 0 Å². The van der Waals surface area contributed by atoms with Crippen molar-refractivity contribution in [1.29, 1.82) is 0 Å². The lowest BCUT2D eigenvalue weighted by atomic mass is 10.3. The number of nitrogens with one attached hydrogen (secondary N) is 1. The van der Waals surface area contributed by atoms with Crippen molar-refractivity contribution in [2.45, 2.75) is 24.2 Å². The van der Waals surface area contributed by atoms with Crippen molar-refractivity contribution in [3.05, 3.63) is 24.3 Å². The monoisotopic (exact) mass is 292 g/mol. The number of para-hydroxylation sites is 1. The molecule has 0 saturated heterocycles. The molecule has 0 saturated carbocycles. The van der Waals surface area contributed by atoms with E-state index in [-0.39, 0.29) is 16.3 Å². The third kappa shape index (κ3) is 4.43. The molecule has 3 N–H and O–H groups in total. The summed E-state index contributed by atoms with van der Waals surface area (Å²) in [5.41, 5.74) is 5.12. The van der Waals surface area contributed by atoms with Gasteiger partial charge in [-0.3, -0.25) is 0 Å². The molecule has 0 heterocycles. The summed E-state index contributed by atoms with van der Waals surface area (Å²) in [6.45, 7) is 0.266. The third-order valence-corrected chi connectivity index (χ3v) is 4.50. The number of hydrogen-bond acceptors (Lipinski definition) is 4. The average Bonchev–Trinajstić information content (AvgIpc) is 2.37. The second-order valence-electron chi connectivity index (χ2n) is 4.23. The van der Waals surface area contributed by atoms with Crippen molar-refractivity contribution in [2.24, 2.45) is 5.73 Å². The maximum Gasteiger partial charge on any atom is 0.276 e. The number of benzene rings is 1. The lowest BCUT2D eigenvalue weighted by Gasteiger charge is -2.17. The van der Waals surface area contributed by atoms with Crippen LogP contribution < -0.4 is 11.1 Å².